The molecule has 0 spiro atoms. The van der Waals surface area contributed by atoms with Gasteiger partial charge in [0.05, 0.1) is 16.8 Å². The van der Waals surface area contributed by atoms with Gasteiger partial charge in [-0.15, -0.1) is 0 Å². The second kappa shape index (κ2) is 4.79. The third kappa shape index (κ3) is 2.92. The maximum atomic E-state index is 12.9. The molecule has 19 heavy (non-hydrogen) atoms. The van der Waals surface area contributed by atoms with E-state index in [4.69, 9.17) is 5.73 Å². The second-order valence-corrected chi connectivity index (χ2v) is 5.57. The quantitative estimate of drug-likeness (QED) is 0.870. The van der Waals surface area contributed by atoms with Gasteiger partial charge >= 0.3 is 6.18 Å². The van der Waals surface area contributed by atoms with Crippen LogP contribution in [0.4, 0.5) is 18.9 Å². The number of rotatable bonds is 2. The number of benzene rings is 1. The number of alkyl halides is 3. The van der Waals surface area contributed by atoms with E-state index in [1.807, 2.05) is 0 Å². The molecule has 0 unspecified atom stereocenters. The zero-order valence-corrected chi connectivity index (χ0v) is 11.4. The molecule has 3 N–H and O–H groups in total. The smallest absolute Gasteiger partial charge is 0.324 e. The van der Waals surface area contributed by atoms with E-state index in [1.54, 1.807) is 0 Å². The molecule has 0 atom stereocenters. The van der Waals surface area contributed by atoms with E-state index in [1.165, 1.54) is 12.1 Å². The summed E-state index contributed by atoms with van der Waals surface area (Å²) in [7, 11) is 0. The zero-order chi connectivity index (χ0) is 14.3. The van der Waals surface area contributed by atoms with Crippen molar-refractivity contribution < 1.29 is 18.0 Å². The molecule has 1 saturated carbocycles. The Morgan fingerprint density at radius 1 is 1.37 bits per heavy atom. The van der Waals surface area contributed by atoms with Crippen LogP contribution in [0.5, 0.6) is 0 Å². The van der Waals surface area contributed by atoms with E-state index < -0.39 is 23.2 Å². The molecule has 0 aliphatic heterocycles. The van der Waals surface area contributed by atoms with Gasteiger partial charge < -0.3 is 11.1 Å². The SMILES string of the molecule is NC1(C(=O)Nc2ccc(Br)cc2C(F)(F)F)CCC1. The molecule has 0 aromatic heterocycles. The van der Waals surface area contributed by atoms with Gasteiger partial charge in [0.15, 0.2) is 0 Å². The number of hydrogen-bond donors (Lipinski definition) is 2. The molecular weight excluding hydrogens is 325 g/mol. The van der Waals surface area contributed by atoms with E-state index >= 15 is 0 Å². The standard InChI is InChI=1S/C12H12BrF3N2O/c13-7-2-3-9(8(6-7)12(14,15)16)18-10(19)11(17)4-1-5-11/h2-3,6H,1,4-5,17H2,(H,18,19). The first-order chi connectivity index (χ1) is 8.72. The number of nitrogens with one attached hydrogen (secondary N) is 1. The highest BCUT2D eigenvalue weighted by molar-refractivity contribution is 9.10. The van der Waals surface area contributed by atoms with Crippen molar-refractivity contribution in [3.8, 4) is 0 Å². The van der Waals surface area contributed by atoms with Gasteiger partial charge in [0.2, 0.25) is 5.91 Å². The number of anilines is 1. The van der Waals surface area contributed by atoms with Crippen molar-refractivity contribution >= 4 is 27.5 Å². The molecule has 1 amide bonds. The van der Waals surface area contributed by atoms with Gasteiger partial charge in [-0.1, -0.05) is 15.9 Å². The van der Waals surface area contributed by atoms with Gasteiger partial charge in [-0.05, 0) is 37.5 Å². The highest BCUT2D eigenvalue weighted by atomic mass is 79.9. The number of amides is 1. The number of hydrogen-bond acceptors (Lipinski definition) is 2. The Bertz CT molecular complexity index is 512. The molecule has 0 heterocycles. The van der Waals surface area contributed by atoms with E-state index in [-0.39, 0.29) is 5.69 Å². The van der Waals surface area contributed by atoms with Crippen LogP contribution in [0.1, 0.15) is 24.8 Å². The topological polar surface area (TPSA) is 55.1 Å². The first-order valence-corrected chi connectivity index (χ1v) is 6.49. The van der Waals surface area contributed by atoms with Crippen molar-refractivity contribution in [2.24, 2.45) is 5.73 Å². The van der Waals surface area contributed by atoms with Crippen molar-refractivity contribution in [3.05, 3.63) is 28.2 Å². The molecule has 1 fully saturated rings. The van der Waals surface area contributed by atoms with E-state index in [0.717, 1.165) is 12.5 Å². The molecule has 1 aliphatic rings. The highest BCUT2D eigenvalue weighted by Crippen LogP contribution is 2.37. The summed E-state index contributed by atoms with van der Waals surface area (Å²) in [6, 6.07) is 3.58. The van der Waals surface area contributed by atoms with Gasteiger partial charge in [0.25, 0.3) is 0 Å². The van der Waals surface area contributed by atoms with Crippen molar-refractivity contribution in [2.45, 2.75) is 31.0 Å². The summed E-state index contributed by atoms with van der Waals surface area (Å²) in [4.78, 5) is 11.9. The van der Waals surface area contributed by atoms with Gasteiger partial charge in [-0.25, -0.2) is 0 Å². The lowest BCUT2D eigenvalue weighted by Gasteiger charge is -2.36. The third-order valence-corrected chi connectivity index (χ3v) is 3.73. The van der Waals surface area contributed by atoms with Crippen LogP contribution in [-0.4, -0.2) is 11.4 Å². The lowest BCUT2D eigenvalue weighted by molar-refractivity contribution is -0.137. The van der Waals surface area contributed by atoms with Gasteiger partial charge in [-0.3, -0.25) is 4.79 Å². The minimum Gasteiger partial charge on any atom is -0.324 e. The van der Waals surface area contributed by atoms with Crippen LogP contribution in [0.2, 0.25) is 0 Å². The summed E-state index contributed by atoms with van der Waals surface area (Å²) in [5.41, 5.74) is 3.59. The first kappa shape index (κ1) is 14.3. The summed E-state index contributed by atoms with van der Waals surface area (Å²) in [6.07, 6.45) is -2.72. The fraction of sp³-hybridized carbons (Fsp3) is 0.417. The number of halogens is 4. The van der Waals surface area contributed by atoms with Gasteiger partial charge in [0.1, 0.15) is 0 Å². The van der Waals surface area contributed by atoms with Crippen molar-refractivity contribution in [2.75, 3.05) is 5.32 Å². The van der Waals surface area contributed by atoms with Gasteiger partial charge in [0, 0.05) is 4.47 Å². The minimum atomic E-state index is -4.53. The summed E-state index contributed by atoms with van der Waals surface area (Å²) in [5, 5.41) is 2.28. The third-order valence-electron chi connectivity index (χ3n) is 3.23. The maximum Gasteiger partial charge on any atom is 0.418 e. The van der Waals surface area contributed by atoms with Crippen molar-refractivity contribution in [3.63, 3.8) is 0 Å². The van der Waals surface area contributed by atoms with Gasteiger partial charge in [-0.2, -0.15) is 13.2 Å². The Labute approximate surface area is 116 Å². The summed E-state index contributed by atoms with van der Waals surface area (Å²) in [5.74, 6) is -0.563. The van der Waals surface area contributed by atoms with Crippen LogP contribution in [0.3, 0.4) is 0 Å². The van der Waals surface area contributed by atoms with Crippen molar-refractivity contribution in [1.82, 2.24) is 0 Å². The Balaban J connectivity index is 2.27. The molecule has 0 radical (unpaired) electrons. The zero-order valence-electron chi connectivity index (χ0n) is 9.85. The predicted octanol–water partition coefficient (Wildman–Crippen LogP) is 3.29. The molecule has 2 rings (SSSR count). The Morgan fingerprint density at radius 3 is 2.47 bits per heavy atom. The molecule has 1 aromatic rings. The molecular formula is C12H12BrF3N2O. The second-order valence-electron chi connectivity index (χ2n) is 4.65. The molecule has 1 aliphatic carbocycles. The lowest BCUT2D eigenvalue weighted by atomic mass is 9.77. The average molecular weight is 337 g/mol. The summed E-state index contributed by atoms with van der Waals surface area (Å²) in [6.45, 7) is 0. The normalized spacial score (nSPS) is 17.7. The van der Waals surface area contributed by atoms with E-state index in [2.05, 4.69) is 21.2 Å². The van der Waals surface area contributed by atoms with E-state index in [9.17, 15) is 18.0 Å². The van der Waals surface area contributed by atoms with Crippen LogP contribution in [0, 0.1) is 0 Å². The Hall–Kier alpha value is -1.08. The molecule has 0 saturated heterocycles. The summed E-state index contributed by atoms with van der Waals surface area (Å²) < 4.78 is 38.9. The molecule has 7 heteroatoms. The largest absolute Gasteiger partial charge is 0.418 e. The van der Waals surface area contributed by atoms with Crippen LogP contribution < -0.4 is 11.1 Å². The number of nitrogens with two attached hydrogens (primary N) is 1. The Morgan fingerprint density at radius 2 is 2.00 bits per heavy atom. The molecule has 3 nitrogen and oxygen atoms in total. The van der Waals surface area contributed by atoms with Crippen LogP contribution in [0.15, 0.2) is 22.7 Å². The Kier molecular flexibility index (Phi) is 3.61. The lowest BCUT2D eigenvalue weighted by Crippen LogP contribution is -2.56. The monoisotopic (exact) mass is 336 g/mol. The highest BCUT2D eigenvalue weighted by Gasteiger charge is 2.41. The predicted molar refractivity (Wildman–Crippen MR) is 68.5 cm³/mol. The van der Waals surface area contributed by atoms with Crippen LogP contribution >= 0.6 is 15.9 Å². The maximum absolute atomic E-state index is 12.9. The molecule has 1 aromatic carbocycles. The molecule has 104 valence electrons. The van der Waals surface area contributed by atoms with Crippen LogP contribution in [0.25, 0.3) is 0 Å². The first-order valence-electron chi connectivity index (χ1n) is 5.69. The fourth-order valence-corrected chi connectivity index (χ4v) is 2.25. The number of carbonyl (C=O) groups excluding carboxylic acids is 1. The average Bonchev–Trinajstić information content (AvgIpc) is 2.26. The number of carbonyl (C=O) groups is 1. The van der Waals surface area contributed by atoms with E-state index in [0.29, 0.717) is 17.3 Å². The minimum absolute atomic E-state index is 0.266. The summed E-state index contributed by atoms with van der Waals surface area (Å²) >= 11 is 2.98. The van der Waals surface area contributed by atoms with Crippen molar-refractivity contribution in [1.29, 1.82) is 0 Å². The van der Waals surface area contributed by atoms with Crippen LogP contribution in [-0.2, 0) is 11.0 Å². The fourth-order valence-electron chi connectivity index (χ4n) is 1.89. The molecule has 0 bridgehead atoms.